The molecule has 0 radical (unpaired) electrons. The first kappa shape index (κ1) is 81.1. The number of allylic oxidation sites excluding steroid dienone is 2. The third-order valence-electron chi connectivity index (χ3n) is 13.3. The minimum absolute atomic E-state index is 0. The van der Waals surface area contributed by atoms with Gasteiger partial charge in [0, 0.05) is 109 Å². The van der Waals surface area contributed by atoms with Gasteiger partial charge in [-0.05, 0) is 62.4 Å². The van der Waals surface area contributed by atoms with Gasteiger partial charge in [0.05, 0.1) is 78.8 Å². The number of non-ortho nitro benzene ring substituents is 3. The summed E-state index contributed by atoms with van der Waals surface area (Å²) >= 11 is 4.75. The van der Waals surface area contributed by atoms with Gasteiger partial charge in [0.2, 0.25) is 35.3 Å². The zero-order valence-corrected chi connectivity index (χ0v) is 57.5. The number of nitrogens with two attached hydrogens (primary N) is 4. The van der Waals surface area contributed by atoms with Crippen LogP contribution in [-0.2, 0) is 63.5 Å². The van der Waals surface area contributed by atoms with E-state index in [1.807, 2.05) is 24.3 Å². The van der Waals surface area contributed by atoms with Gasteiger partial charge < -0.3 is 64.9 Å². The van der Waals surface area contributed by atoms with Gasteiger partial charge in [-0.2, -0.15) is 0 Å². The second-order valence-corrected chi connectivity index (χ2v) is 21.1. The zero-order valence-electron chi connectivity index (χ0n) is 55.2. The molecule has 0 saturated carbocycles. The van der Waals surface area contributed by atoms with Crippen molar-refractivity contribution < 1.29 is 84.2 Å². The Morgan fingerprint density at radius 3 is 1.02 bits per heavy atom. The molecule has 0 saturated heterocycles. The minimum Gasteiger partial charge on any atom is -0.438 e. The SMILES string of the molecule is C=C(C)OC(=O)Cc1cc(Oc2ccc([N+](=O)[O-])c3ccccc23)ncn1.C=C(C)OC(=O)Cl.N.NC(=O)Cc1cc(Oc2ccc(N)c3ccccc23)ncn1.NC(=O)Cc1cc(Oc2ccc([N+](=O)[O-])c3ccccc23)ncn1.Nc1cc(Oc2ccc([N+](=O)[O-])c3ccccc23)ncn1.[CH3-].[HH].[Pd]. The minimum atomic E-state index is -0.840. The van der Waals surface area contributed by atoms with E-state index in [9.17, 15) is 49.5 Å². The molecule has 0 fully saturated rings. The van der Waals surface area contributed by atoms with Crippen molar-refractivity contribution >= 4 is 106 Å². The molecule has 0 bridgehead atoms. The van der Waals surface area contributed by atoms with E-state index in [-0.39, 0.29) is 95.2 Å². The summed E-state index contributed by atoms with van der Waals surface area (Å²) in [6.07, 6.45) is 5.12. The molecule has 0 atom stereocenters. The van der Waals surface area contributed by atoms with Crippen molar-refractivity contribution in [1.82, 2.24) is 46.0 Å². The number of halogens is 1. The molecule has 0 spiro atoms. The van der Waals surface area contributed by atoms with Crippen molar-refractivity contribution in [3.8, 4) is 46.5 Å². The van der Waals surface area contributed by atoms with E-state index in [0.717, 1.165) is 10.8 Å². The third-order valence-corrected chi connectivity index (χ3v) is 13.4. The average molecular weight is 1530 g/mol. The molecule has 0 aliphatic heterocycles. The Hall–Kier alpha value is -13.6. The van der Waals surface area contributed by atoms with Gasteiger partial charge in [-0.15, -0.1) is 0 Å². The summed E-state index contributed by atoms with van der Waals surface area (Å²) in [5.74, 6) is 2.41. The van der Waals surface area contributed by atoms with Gasteiger partial charge in [0.1, 0.15) is 54.1 Å². The van der Waals surface area contributed by atoms with Crippen molar-refractivity contribution in [1.29, 1.82) is 0 Å². The summed E-state index contributed by atoms with van der Waals surface area (Å²) in [5, 5.41) is 38.4. The maximum absolute atomic E-state index is 11.7. The standard InChI is InChI=1S/C19H15N3O5.C16H12N4O4.C16H14N4O2.C14H10N4O3.C4H5ClO2.CH3.H3N.Pd.H2/c1-12(2)26-19(23)10-13-9-18(21-11-20-13)27-17-8-7-16(22(24)25)14-5-3-4-6-15(14)17;17-15(21)7-10-8-16(19-9-18-10)24-14-6-5-13(20(22)23)11-3-1-2-4-12(11)14;17-13-5-6-14(12-4-2-1-3-11(12)13)22-16-8-10(7-15(18)21)19-9-20-16;15-13-7-14(17-8-16-13)21-12-6-5-11(18(19)20)9-3-1-2-4-10(9)12;1-3(2)7-4(5)6;;;;/h3-9,11H,1,10H2,2H3;1-6,8-9H,7H2,(H2,17,21);1-6,8-9H,7,17H2,(H2,18,21);1-8H,(H2,15,16,17);1H2,2H3;2*1H3;;1H/q;;;;;-1;;;. The average Bonchev–Trinajstić information content (AvgIpc) is 0.814. The maximum Gasteiger partial charge on any atom is 0.408 e. The van der Waals surface area contributed by atoms with Gasteiger partial charge in [-0.1, -0.05) is 92.0 Å². The van der Waals surface area contributed by atoms with Crippen LogP contribution >= 0.6 is 11.6 Å². The number of anilines is 2. The summed E-state index contributed by atoms with van der Waals surface area (Å²) in [4.78, 5) is 107. The summed E-state index contributed by atoms with van der Waals surface area (Å²) in [7, 11) is 0. The molecule has 8 aromatic carbocycles. The number of rotatable bonds is 19. The number of aromatic nitrogens is 8. The molecular weight excluding hydrogens is 1460 g/mol. The van der Waals surface area contributed by atoms with Crippen LogP contribution in [0, 0.1) is 37.8 Å². The fourth-order valence-electron chi connectivity index (χ4n) is 9.22. The summed E-state index contributed by atoms with van der Waals surface area (Å²) in [5.41, 5.74) is 23.0. The van der Waals surface area contributed by atoms with Gasteiger partial charge in [0.15, 0.2) is 0 Å². The molecule has 12 aromatic rings. The van der Waals surface area contributed by atoms with Gasteiger partial charge in [-0.3, -0.25) is 44.7 Å². The third kappa shape index (κ3) is 23.3. The number of amides is 2. The van der Waals surface area contributed by atoms with E-state index in [0.29, 0.717) is 95.5 Å². The fourth-order valence-corrected chi connectivity index (χ4v) is 9.35. The second-order valence-electron chi connectivity index (χ2n) is 20.8. The number of fused-ring (bicyclic) bond motifs is 4. The van der Waals surface area contributed by atoms with E-state index in [1.54, 1.807) is 111 Å². The van der Waals surface area contributed by atoms with Crippen LogP contribution in [0.1, 0.15) is 32.4 Å². The first-order chi connectivity index (χ1) is 48.4. The number of primary amides is 2. The molecule has 0 unspecified atom stereocenters. The van der Waals surface area contributed by atoms with Crippen LogP contribution in [0.25, 0.3) is 43.1 Å². The Morgan fingerprint density at radius 2 is 0.721 bits per heavy atom. The van der Waals surface area contributed by atoms with Crippen molar-refractivity contribution in [3.05, 3.63) is 275 Å². The molecule has 0 aliphatic carbocycles. The number of hydrogen-bond donors (Lipinski definition) is 5. The molecule has 11 N–H and O–H groups in total. The van der Waals surface area contributed by atoms with Crippen molar-refractivity contribution in [2.24, 2.45) is 11.5 Å². The number of hydrogen-bond acceptors (Lipinski definition) is 27. The van der Waals surface area contributed by atoms with E-state index >= 15 is 0 Å². The molecule has 4 heterocycles. The summed E-state index contributed by atoms with van der Waals surface area (Å²) in [6.45, 7) is 9.90. The second kappa shape index (κ2) is 38.7. The Bertz CT molecular complexity index is 5160. The number of nitrogen functional groups attached to an aromatic ring is 2. The first-order valence-corrected chi connectivity index (χ1v) is 29.7. The Morgan fingerprint density at radius 1 is 0.433 bits per heavy atom. The molecule has 12 rings (SSSR count). The monoisotopic (exact) mass is 1530 g/mol. The molecule has 538 valence electrons. The van der Waals surface area contributed by atoms with Crippen LogP contribution < -0.4 is 48.0 Å². The quantitative estimate of drug-likeness (QED) is 0.00733. The molecule has 34 heteroatoms. The fraction of sp³-hybridized carbons (Fsp3) is 0.0714. The topological polar surface area (TPSA) is 495 Å². The predicted octanol–water partition coefficient (Wildman–Crippen LogP) is 14.0. The largest absolute Gasteiger partial charge is 0.438 e. The van der Waals surface area contributed by atoms with E-state index in [1.165, 1.54) is 73.8 Å². The van der Waals surface area contributed by atoms with Crippen LogP contribution in [0.15, 0.2) is 220 Å². The molecule has 2 amide bonds. The van der Waals surface area contributed by atoms with Crippen molar-refractivity contribution in [2.45, 2.75) is 33.1 Å². The number of carbonyl (C=O) groups excluding carboxylic acids is 4. The van der Waals surface area contributed by atoms with E-state index in [2.05, 4.69) is 57.8 Å². The van der Waals surface area contributed by atoms with Crippen LogP contribution in [0.2, 0.25) is 0 Å². The smallest absolute Gasteiger partial charge is 0.408 e. The molecular formula is C70H64ClN16O16Pd-. The summed E-state index contributed by atoms with van der Waals surface area (Å²) < 4.78 is 32.1. The Balaban J connectivity index is 0.000000284. The number of nitro benzene ring substituents is 3. The van der Waals surface area contributed by atoms with Crippen LogP contribution in [0.4, 0.5) is 33.4 Å². The number of nitro groups is 3. The van der Waals surface area contributed by atoms with E-state index < -0.39 is 38.0 Å². The molecule has 0 aliphatic rings. The molecule has 104 heavy (non-hydrogen) atoms. The van der Waals surface area contributed by atoms with Crippen molar-refractivity contribution in [3.63, 3.8) is 0 Å². The van der Waals surface area contributed by atoms with Gasteiger partial charge >= 0.3 is 11.4 Å². The number of nitrogens with zero attached hydrogens (tertiary/aromatic N) is 11. The van der Waals surface area contributed by atoms with Crippen LogP contribution in [-0.4, -0.2) is 77.9 Å². The number of esters is 1. The summed E-state index contributed by atoms with van der Waals surface area (Å²) in [6, 6.07) is 46.7. The first-order valence-electron chi connectivity index (χ1n) is 29.3. The zero-order chi connectivity index (χ0) is 72.7. The molecule has 4 aromatic heterocycles. The molecule has 32 nitrogen and oxygen atoms in total. The normalized spacial score (nSPS) is 9.99. The van der Waals surface area contributed by atoms with Crippen LogP contribution in [0.5, 0.6) is 46.5 Å². The number of benzene rings is 8. The van der Waals surface area contributed by atoms with Gasteiger partial charge in [-0.25, -0.2) is 44.7 Å². The van der Waals surface area contributed by atoms with Crippen LogP contribution in [0.3, 0.4) is 0 Å². The van der Waals surface area contributed by atoms with Gasteiger partial charge in [0.25, 0.3) is 17.1 Å². The predicted molar refractivity (Wildman–Crippen MR) is 384 cm³/mol. The Kier molecular flexibility index (Phi) is 30.1. The number of ether oxygens (including phenoxy) is 6. The Labute approximate surface area is 610 Å². The number of carbonyl (C=O) groups is 4. The maximum atomic E-state index is 11.7. The van der Waals surface area contributed by atoms with Crippen molar-refractivity contribution in [2.75, 3.05) is 11.5 Å². The van der Waals surface area contributed by atoms with E-state index in [4.69, 9.17) is 58.2 Å².